The molecule has 1 aliphatic carbocycles. The van der Waals surface area contributed by atoms with Crippen LogP contribution < -0.4 is 5.73 Å². The van der Waals surface area contributed by atoms with Gasteiger partial charge in [-0.1, -0.05) is 12.1 Å². The van der Waals surface area contributed by atoms with Crippen LogP contribution in [-0.4, -0.2) is 11.5 Å². The summed E-state index contributed by atoms with van der Waals surface area (Å²) < 4.78 is 0. The topological polar surface area (TPSA) is 38.9 Å². The zero-order valence-corrected chi connectivity index (χ0v) is 8.61. The van der Waals surface area contributed by atoms with Gasteiger partial charge in [0.05, 0.1) is 0 Å². The normalized spacial score (nSPS) is 17.9. The van der Waals surface area contributed by atoms with Gasteiger partial charge in [-0.2, -0.15) is 0 Å². The van der Waals surface area contributed by atoms with Crippen molar-refractivity contribution in [2.24, 2.45) is 5.73 Å². The number of aromatic nitrogens is 1. The summed E-state index contributed by atoms with van der Waals surface area (Å²) in [6.07, 6.45) is 6.22. The van der Waals surface area contributed by atoms with Gasteiger partial charge in [0.15, 0.2) is 0 Å². The van der Waals surface area contributed by atoms with E-state index in [0.29, 0.717) is 0 Å². The molecule has 0 saturated heterocycles. The van der Waals surface area contributed by atoms with Gasteiger partial charge in [0, 0.05) is 29.7 Å². The number of nitrogens with two attached hydrogens (primary N) is 1. The molecule has 15 heavy (non-hydrogen) atoms. The first-order valence-corrected chi connectivity index (χ1v) is 5.38. The number of benzene rings is 1. The third kappa shape index (κ3) is 1.33. The van der Waals surface area contributed by atoms with E-state index in [1.807, 2.05) is 18.5 Å². The highest BCUT2D eigenvalue weighted by Gasteiger charge is 2.42. The summed E-state index contributed by atoms with van der Waals surface area (Å²) in [5.74, 6) is 0. The molecule has 0 amide bonds. The predicted molar refractivity (Wildman–Crippen MR) is 61.7 cm³/mol. The second-order valence-corrected chi connectivity index (χ2v) is 4.42. The van der Waals surface area contributed by atoms with Gasteiger partial charge in [-0.25, -0.2) is 0 Å². The Labute approximate surface area is 89.1 Å². The largest absolute Gasteiger partial charge is 0.330 e. The third-order valence-electron chi connectivity index (χ3n) is 3.50. The lowest BCUT2D eigenvalue weighted by Crippen LogP contribution is -2.19. The van der Waals surface area contributed by atoms with Gasteiger partial charge < -0.3 is 5.73 Å². The minimum Gasteiger partial charge on any atom is -0.330 e. The quantitative estimate of drug-likeness (QED) is 0.803. The van der Waals surface area contributed by atoms with Crippen LogP contribution in [0, 0.1) is 0 Å². The van der Waals surface area contributed by atoms with Crippen LogP contribution in [-0.2, 0) is 5.41 Å². The van der Waals surface area contributed by atoms with Crippen LogP contribution in [0.25, 0.3) is 10.8 Å². The Kier molecular flexibility index (Phi) is 1.80. The average molecular weight is 198 g/mol. The number of hydrogen-bond donors (Lipinski definition) is 1. The van der Waals surface area contributed by atoms with Gasteiger partial charge in [-0.3, -0.25) is 4.98 Å². The van der Waals surface area contributed by atoms with Crippen molar-refractivity contribution >= 4 is 10.8 Å². The smallest absolute Gasteiger partial charge is 0.0346 e. The molecule has 1 aliphatic rings. The van der Waals surface area contributed by atoms with E-state index in [1.54, 1.807) is 0 Å². The fourth-order valence-corrected chi connectivity index (χ4v) is 2.18. The summed E-state index contributed by atoms with van der Waals surface area (Å²) in [5, 5.41) is 2.47. The van der Waals surface area contributed by atoms with E-state index in [2.05, 4.69) is 23.2 Å². The maximum absolute atomic E-state index is 5.83. The maximum atomic E-state index is 5.83. The number of fused-ring (bicyclic) bond motifs is 1. The van der Waals surface area contributed by atoms with E-state index in [-0.39, 0.29) is 5.41 Å². The summed E-state index contributed by atoms with van der Waals surface area (Å²) in [4.78, 5) is 4.15. The standard InChI is InChI=1S/C13H14N2/c14-9-13(4-5-13)12-2-1-10-3-6-15-8-11(10)7-12/h1-3,6-8H,4-5,9,14H2. The molecule has 2 aromatic rings. The number of pyridine rings is 1. The number of rotatable bonds is 2. The summed E-state index contributed by atoms with van der Waals surface area (Å²) in [6.45, 7) is 0.763. The second kappa shape index (κ2) is 3.04. The van der Waals surface area contributed by atoms with E-state index in [0.717, 1.165) is 6.54 Å². The Morgan fingerprint density at radius 2 is 2.07 bits per heavy atom. The molecule has 2 N–H and O–H groups in total. The molecule has 1 saturated carbocycles. The average Bonchev–Trinajstić information content (AvgIpc) is 3.09. The maximum Gasteiger partial charge on any atom is 0.0346 e. The van der Waals surface area contributed by atoms with Crippen LogP contribution in [0.15, 0.2) is 36.7 Å². The van der Waals surface area contributed by atoms with Crippen molar-refractivity contribution in [1.29, 1.82) is 0 Å². The van der Waals surface area contributed by atoms with E-state index in [4.69, 9.17) is 5.73 Å². The first-order chi connectivity index (χ1) is 7.34. The van der Waals surface area contributed by atoms with Crippen molar-refractivity contribution in [3.05, 3.63) is 42.2 Å². The Balaban J connectivity index is 2.14. The molecular formula is C13H14N2. The monoisotopic (exact) mass is 198 g/mol. The van der Waals surface area contributed by atoms with Gasteiger partial charge in [0.25, 0.3) is 0 Å². The molecule has 1 heterocycles. The van der Waals surface area contributed by atoms with Gasteiger partial charge >= 0.3 is 0 Å². The van der Waals surface area contributed by atoms with Crippen LogP contribution in [0.1, 0.15) is 18.4 Å². The summed E-state index contributed by atoms with van der Waals surface area (Å²) in [7, 11) is 0. The zero-order chi connectivity index (χ0) is 10.3. The molecule has 1 aromatic heterocycles. The summed E-state index contributed by atoms with van der Waals surface area (Å²) >= 11 is 0. The van der Waals surface area contributed by atoms with Crippen LogP contribution in [0.2, 0.25) is 0 Å². The molecule has 3 rings (SSSR count). The Hall–Kier alpha value is -1.41. The molecule has 0 spiro atoms. The lowest BCUT2D eigenvalue weighted by Gasteiger charge is -2.13. The molecule has 0 bridgehead atoms. The molecule has 0 aliphatic heterocycles. The number of nitrogens with zero attached hydrogens (tertiary/aromatic N) is 1. The van der Waals surface area contributed by atoms with Gasteiger partial charge in [0.1, 0.15) is 0 Å². The lowest BCUT2D eigenvalue weighted by atomic mass is 9.94. The minimum absolute atomic E-state index is 0.282. The van der Waals surface area contributed by atoms with E-state index >= 15 is 0 Å². The van der Waals surface area contributed by atoms with Crippen molar-refractivity contribution in [3.63, 3.8) is 0 Å². The SMILES string of the molecule is NCC1(c2ccc3ccncc3c2)CC1. The molecule has 0 radical (unpaired) electrons. The van der Waals surface area contributed by atoms with Crippen LogP contribution in [0.4, 0.5) is 0 Å². The Bertz CT molecular complexity index is 501. The van der Waals surface area contributed by atoms with Gasteiger partial charge in [-0.15, -0.1) is 0 Å². The van der Waals surface area contributed by atoms with E-state index in [9.17, 15) is 0 Å². The van der Waals surface area contributed by atoms with Crippen molar-refractivity contribution in [2.45, 2.75) is 18.3 Å². The van der Waals surface area contributed by atoms with Crippen molar-refractivity contribution in [1.82, 2.24) is 4.98 Å². The van der Waals surface area contributed by atoms with Gasteiger partial charge in [-0.05, 0) is 35.9 Å². The highest BCUT2D eigenvalue weighted by atomic mass is 14.7. The molecule has 0 unspecified atom stereocenters. The van der Waals surface area contributed by atoms with Crippen molar-refractivity contribution in [3.8, 4) is 0 Å². The highest BCUT2D eigenvalue weighted by molar-refractivity contribution is 5.82. The van der Waals surface area contributed by atoms with E-state index < -0.39 is 0 Å². The van der Waals surface area contributed by atoms with Crippen LogP contribution in [0.5, 0.6) is 0 Å². The molecule has 0 atom stereocenters. The fourth-order valence-electron chi connectivity index (χ4n) is 2.18. The summed E-state index contributed by atoms with van der Waals surface area (Å²) in [5.41, 5.74) is 7.49. The first-order valence-electron chi connectivity index (χ1n) is 5.38. The molecule has 1 fully saturated rings. The fraction of sp³-hybridized carbons (Fsp3) is 0.308. The second-order valence-electron chi connectivity index (χ2n) is 4.42. The molecule has 76 valence electrons. The number of hydrogen-bond acceptors (Lipinski definition) is 2. The molecule has 2 nitrogen and oxygen atoms in total. The van der Waals surface area contributed by atoms with Crippen molar-refractivity contribution in [2.75, 3.05) is 6.54 Å². The lowest BCUT2D eigenvalue weighted by molar-refractivity contribution is 0.706. The summed E-state index contributed by atoms with van der Waals surface area (Å²) in [6, 6.07) is 8.66. The van der Waals surface area contributed by atoms with Gasteiger partial charge in [0.2, 0.25) is 0 Å². The zero-order valence-electron chi connectivity index (χ0n) is 8.61. The minimum atomic E-state index is 0.282. The predicted octanol–water partition coefficient (Wildman–Crippen LogP) is 2.23. The third-order valence-corrected chi connectivity index (χ3v) is 3.50. The first kappa shape index (κ1) is 8.86. The Morgan fingerprint density at radius 1 is 1.20 bits per heavy atom. The van der Waals surface area contributed by atoms with Crippen LogP contribution >= 0.6 is 0 Å². The molecule has 1 aromatic carbocycles. The van der Waals surface area contributed by atoms with Crippen LogP contribution in [0.3, 0.4) is 0 Å². The molecule has 2 heteroatoms. The Morgan fingerprint density at radius 3 is 2.80 bits per heavy atom. The van der Waals surface area contributed by atoms with E-state index in [1.165, 1.54) is 29.2 Å². The highest BCUT2D eigenvalue weighted by Crippen LogP contribution is 2.47. The van der Waals surface area contributed by atoms with Crippen molar-refractivity contribution < 1.29 is 0 Å². The molecular weight excluding hydrogens is 184 g/mol.